The van der Waals surface area contributed by atoms with Crippen molar-refractivity contribution < 1.29 is 4.79 Å². The van der Waals surface area contributed by atoms with Crippen LogP contribution in [0.2, 0.25) is 0 Å². The number of carbonyl (C=O) groups is 1. The molecule has 0 N–H and O–H groups in total. The lowest BCUT2D eigenvalue weighted by Crippen LogP contribution is -2.30. The molecule has 3 rings (SSSR count). The molecule has 0 saturated carbocycles. The third-order valence-corrected chi connectivity index (χ3v) is 3.91. The van der Waals surface area contributed by atoms with Crippen molar-refractivity contribution in [3.63, 3.8) is 0 Å². The molecule has 21 heavy (non-hydrogen) atoms. The van der Waals surface area contributed by atoms with Gasteiger partial charge < -0.3 is 4.90 Å². The van der Waals surface area contributed by atoms with Crippen molar-refractivity contribution >= 4 is 11.5 Å². The van der Waals surface area contributed by atoms with Crippen LogP contribution in [0.15, 0.2) is 54.9 Å². The van der Waals surface area contributed by atoms with Crippen LogP contribution >= 0.6 is 0 Å². The Morgan fingerprint density at radius 2 is 2.05 bits per heavy atom. The number of benzene rings is 1. The van der Waals surface area contributed by atoms with Gasteiger partial charge in [0.25, 0.3) is 0 Å². The van der Waals surface area contributed by atoms with Gasteiger partial charge in [0.15, 0.2) is 0 Å². The van der Waals surface area contributed by atoms with Gasteiger partial charge in [-0.25, -0.2) is 0 Å². The molecule has 0 atom stereocenters. The Balaban J connectivity index is 1.65. The van der Waals surface area contributed by atoms with Crippen LogP contribution in [-0.4, -0.2) is 28.9 Å². The van der Waals surface area contributed by atoms with Crippen molar-refractivity contribution in [1.29, 1.82) is 0 Å². The molecule has 2 heterocycles. The summed E-state index contributed by atoms with van der Waals surface area (Å²) in [5.74, 6) is 0.160. The lowest BCUT2D eigenvalue weighted by molar-refractivity contribution is -0.129. The SMILES string of the molecule is Cc1ccncc1CC(=O)N1CC=C(c2ccccc2)C1. The van der Waals surface area contributed by atoms with E-state index in [0.29, 0.717) is 19.5 Å². The van der Waals surface area contributed by atoms with Gasteiger partial charge in [-0.3, -0.25) is 9.78 Å². The predicted molar refractivity (Wildman–Crippen MR) is 83.7 cm³/mol. The molecule has 1 aromatic carbocycles. The lowest BCUT2D eigenvalue weighted by Gasteiger charge is -2.17. The minimum atomic E-state index is 0.160. The number of rotatable bonds is 3. The van der Waals surface area contributed by atoms with E-state index in [1.165, 1.54) is 11.1 Å². The quantitative estimate of drug-likeness (QED) is 0.865. The number of aryl methyl sites for hydroxylation is 1. The topological polar surface area (TPSA) is 33.2 Å². The van der Waals surface area contributed by atoms with E-state index in [-0.39, 0.29) is 5.91 Å². The van der Waals surface area contributed by atoms with E-state index in [1.54, 1.807) is 12.4 Å². The molecule has 0 radical (unpaired) electrons. The highest BCUT2D eigenvalue weighted by molar-refractivity contribution is 5.83. The van der Waals surface area contributed by atoms with Gasteiger partial charge in [-0.1, -0.05) is 36.4 Å². The predicted octanol–water partition coefficient (Wildman–Crippen LogP) is 2.86. The van der Waals surface area contributed by atoms with Gasteiger partial charge >= 0.3 is 0 Å². The second-order valence-corrected chi connectivity index (χ2v) is 5.35. The van der Waals surface area contributed by atoms with Crippen LogP contribution in [0, 0.1) is 6.92 Å². The molecule has 106 valence electrons. The smallest absolute Gasteiger partial charge is 0.227 e. The van der Waals surface area contributed by atoms with Crippen LogP contribution in [0.5, 0.6) is 0 Å². The molecule has 0 saturated heterocycles. The molecule has 3 nitrogen and oxygen atoms in total. The highest BCUT2D eigenvalue weighted by Crippen LogP contribution is 2.21. The summed E-state index contributed by atoms with van der Waals surface area (Å²) in [6.45, 7) is 3.41. The molecule has 1 aliphatic heterocycles. The summed E-state index contributed by atoms with van der Waals surface area (Å²) in [5, 5.41) is 0. The average Bonchev–Trinajstić information content (AvgIpc) is 3.00. The van der Waals surface area contributed by atoms with Gasteiger partial charge in [-0.2, -0.15) is 0 Å². The Labute approximate surface area is 124 Å². The van der Waals surface area contributed by atoms with Crippen LogP contribution < -0.4 is 0 Å². The van der Waals surface area contributed by atoms with Crippen LogP contribution in [0.25, 0.3) is 5.57 Å². The summed E-state index contributed by atoms with van der Waals surface area (Å²) in [6.07, 6.45) is 6.11. The highest BCUT2D eigenvalue weighted by Gasteiger charge is 2.20. The van der Waals surface area contributed by atoms with Gasteiger partial charge in [0.1, 0.15) is 0 Å². The fourth-order valence-electron chi connectivity index (χ4n) is 2.56. The van der Waals surface area contributed by atoms with Crippen LogP contribution in [-0.2, 0) is 11.2 Å². The van der Waals surface area contributed by atoms with Crippen LogP contribution in [0.3, 0.4) is 0 Å². The van der Waals surface area contributed by atoms with Crippen molar-refractivity contribution in [1.82, 2.24) is 9.88 Å². The Bertz CT molecular complexity index is 677. The second-order valence-electron chi connectivity index (χ2n) is 5.35. The fraction of sp³-hybridized carbons (Fsp3) is 0.222. The van der Waals surface area contributed by atoms with E-state index in [1.807, 2.05) is 36.1 Å². The first-order chi connectivity index (χ1) is 10.2. The monoisotopic (exact) mass is 278 g/mol. The van der Waals surface area contributed by atoms with Crippen molar-refractivity contribution in [2.24, 2.45) is 0 Å². The van der Waals surface area contributed by atoms with Gasteiger partial charge in [0, 0.05) is 25.5 Å². The second kappa shape index (κ2) is 5.92. The highest BCUT2D eigenvalue weighted by atomic mass is 16.2. The first kappa shape index (κ1) is 13.6. The maximum atomic E-state index is 12.4. The van der Waals surface area contributed by atoms with Gasteiger partial charge in [-0.05, 0) is 35.3 Å². The maximum absolute atomic E-state index is 12.4. The zero-order valence-electron chi connectivity index (χ0n) is 12.1. The number of carbonyl (C=O) groups excluding carboxylic acids is 1. The molecule has 1 aliphatic rings. The first-order valence-corrected chi connectivity index (χ1v) is 7.16. The summed E-state index contributed by atoms with van der Waals surface area (Å²) >= 11 is 0. The van der Waals surface area contributed by atoms with E-state index in [9.17, 15) is 4.79 Å². The van der Waals surface area contributed by atoms with Crippen molar-refractivity contribution in [3.05, 3.63) is 71.6 Å². The summed E-state index contributed by atoms with van der Waals surface area (Å²) in [7, 11) is 0. The molecule has 1 aromatic heterocycles. The number of nitrogens with zero attached hydrogens (tertiary/aromatic N) is 2. The number of aromatic nitrogens is 1. The van der Waals surface area contributed by atoms with Crippen LogP contribution in [0.1, 0.15) is 16.7 Å². The zero-order valence-corrected chi connectivity index (χ0v) is 12.1. The van der Waals surface area contributed by atoms with E-state index in [2.05, 4.69) is 23.2 Å². The van der Waals surface area contributed by atoms with Gasteiger partial charge in [0.2, 0.25) is 5.91 Å². The van der Waals surface area contributed by atoms with Crippen LogP contribution in [0.4, 0.5) is 0 Å². The molecule has 0 unspecified atom stereocenters. The van der Waals surface area contributed by atoms with Gasteiger partial charge in [0.05, 0.1) is 6.42 Å². The largest absolute Gasteiger partial charge is 0.334 e. The molecular formula is C18H18N2O. The number of hydrogen-bond acceptors (Lipinski definition) is 2. The average molecular weight is 278 g/mol. The summed E-state index contributed by atoms with van der Waals surface area (Å²) in [5.41, 5.74) is 4.56. The summed E-state index contributed by atoms with van der Waals surface area (Å²) in [6, 6.07) is 12.2. The Hall–Kier alpha value is -2.42. The molecule has 1 amide bonds. The number of pyridine rings is 1. The van der Waals surface area contributed by atoms with E-state index in [0.717, 1.165) is 11.1 Å². The molecule has 0 aliphatic carbocycles. The molecule has 0 spiro atoms. The zero-order chi connectivity index (χ0) is 14.7. The Kier molecular flexibility index (Phi) is 3.82. The Morgan fingerprint density at radius 1 is 1.24 bits per heavy atom. The molecule has 0 fully saturated rings. The standard InChI is InChI=1S/C18H18N2O/c1-14-7-9-19-12-17(14)11-18(21)20-10-8-16(13-20)15-5-3-2-4-6-15/h2-9,12H,10-11,13H2,1H3. The van der Waals surface area contributed by atoms with Crippen molar-refractivity contribution in [2.75, 3.05) is 13.1 Å². The van der Waals surface area contributed by atoms with E-state index >= 15 is 0 Å². The lowest BCUT2D eigenvalue weighted by atomic mass is 10.1. The third-order valence-electron chi connectivity index (χ3n) is 3.91. The first-order valence-electron chi connectivity index (χ1n) is 7.16. The fourth-order valence-corrected chi connectivity index (χ4v) is 2.56. The number of hydrogen-bond donors (Lipinski definition) is 0. The van der Waals surface area contributed by atoms with E-state index in [4.69, 9.17) is 0 Å². The maximum Gasteiger partial charge on any atom is 0.227 e. The molecule has 2 aromatic rings. The minimum Gasteiger partial charge on any atom is -0.334 e. The summed E-state index contributed by atoms with van der Waals surface area (Å²) in [4.78, 5) is 18.4. The third kappa shape index (κ3) is 3.02. The van der Waals surface area contributed by atoms with Crippen molar-refractivity contribution in [2.45, 2.75) is 13.3 Å². The normalized spacial score (nSPS) is 14.1. The van der Waals surface area contributed by atoms with Gasteiger partial charge in [-0.15, -0.1) is 0 Å². The minimum absolute atomic E-state index is 0.160. The molecular weight excluding hydrogens is 260 g/mol. The summed E-state index contributed by atoms with van der Waals surface area (Å²) < 4.78 is 0. The Morgan fingerprint density at radius 3 is 2.81 bits per heavy atom. The molecule has 3 heteroatoms. The van der Waals surface area contributed by atoms with E-state index < -0.39 is 0 Å². The van der Waals surface area contributed by atoms with Crippen molar-refractivity contribution in [3.8, 4) is 0 Å². The number of amides is 1. The molecule has 0 bridgehead atoms.